The largest absolute Gasteiger partial charge is 0.311 e. The number of rotatable bonds is 3. The number of aryl methyl sites for hydroxylation is 1. The summed E-state index contributed by atoms with van der Waals surface area (Å²) in [5, 5.41) is 0.746. The fourth-order valence-corrected chi connectivity index (χ4v) is 2.43. The Balaban J connectivity index is 2.11. The molecule has 0 unspecified atom stereocenters. The van der Waals surface area contributed by atoms with Gasteiger partial charge in [0.1, 0.15) is 0 Å². The quantitative estimate of drug-likeness (QED) is 0.562. The lowest BCUT2D eigenvalue weighted by molar-refractivity contribution is 1.27. The minimum absolute atomic E-state index is 0.746. The maximum Gasteiger partial charge on any atom is 0.0462 e. The minimum Gasteiger partial charge on any atom is -0.311 e. The van der Waals surface area contributed by atoms with Crippen LogP contribution in [0.25, 0.3) is 0 Å². The van der Waals surface area contributed by atoms with E-state index in [4.69, 9.17) is 11.6 Å². The Bertz CT molecular complexity index is 657. The summed E-state index contributed by atoms with van der Waals surface area (Å²) in [7, 11) is 0. The molecule has 0 aliphatic heterocycles. The van der Waals surface area contributed by atoms with Crippen LogP contribution in [0.1, 0.15) is 5.56 Å². The van der Waals surface area contributed by atoms with Crippen LogP contribution < -0.4 is 4.90 Å². The molecule has 0 saturated heterocycles. The number of halogens is 1. The molecule has 0 amide bonds. The van der Waals surface area contributed by atoms with E-state index in [0.717, 1.165) is 22.1 Å². The van der Waals surface area contributed by atoms with Crippen molar-refractivity contribution in [3.8, 4) is 0 Å². The number of hydrogen-bond donors (Lipinski definition) is 0. The Morgan fingerprint density at radius 1 is 0.619 bits per heavy atom. The van der Waals surface area contributed by atoms with Gasteiger partial charge in [0.25, 0.3) is 0 Å². The van der Waals surface area contributed by atoms with Crippen LogP contribution in [0.5, 0.6) is 0 Å². The Morgan fingerprint density at radius 2 is 1.10 bits per heavy atom. The second kappa shape index (κ2) is 6.02. The van der Waals surface area contributed by atoms with E-state index in [9.17, 15) is 0 Å². The lowest BCUT2D eigenvalue weighted by Crippen LogP contribution is -2.09. The summed E-state index contributed by atoms with van der Waals surface area (Å²) in [6.07, 6.45) is 0. The molecule has 21 heavy (non-hydrogen) atoms. The highest BCUT2D eigenvalue weighted by atomic mass is 35.5. The fourth-order valence-electron chi connectivity index (χ4n) is 2.31. The molecule has 2 heteroatoms. The van der Waals surface area contributed by atoms with E-state index in [1.807, 2.05) is 42.5 Å². The van der Waals surface area contributed by atoms with Crippen molar-refractivity contribution in [2.24, 2.45) is 0 Å². The lowest BCUT2D eigenvalue weighted by atomic mass is 10.1. The van der Waals surface area contributed by atoms with Crippen molar-refractivity contribution in [2.75, 3.05) is 4.90 Å². The monoisotopic (exact) mass is 293 g/mol. The van der Waals surface area contributed by atoms with Crippen LogP contribution in [0.4, 0.5) is 17.1 Å². The number of nitrogens with zero attached hydrogens (tertiary/aromatic N) is 1. The van der Waals surface area contributed by atoms with Gasteiger partial charge in [0.15, 0.2) is 0 Å². The standard InChI is InChI=1S/C19H16ClN/c1-15-7-11-18(12-8-15)21(17-5-3-2-4-6-17)19-13-9-16(20)10-14-19/h2-14H,1H3. The van der Waals surface area contributed by atoms with Gasteiger partial charge in [0, 0.05) is 22.1 Å². The smallest absolute Gasteiger partial charge is 0.0462 e. The second-order valence-corrected chi connectivity index (χ2v) is 5.42. The van der Waals surface area contributed by atoms with Crippen molar-refractivity contribution < 1.29 is 0 Å². The first-order chi connectivity index (χ1) is 10.2. The van der Waals surface area contributed by atoms with E-state index in [1.165, 1.54) is 5.56 Å². The van der Waals surface area contributed by atoms with Crippen molar-refractivity contribution in [1.29, 1.82) is 0 Å². The third-order valence-corrected chi connectivity index (χ3v) is 3.64. The van der Waals surface area contributed by atoms with Gasteiger partial charge >= 0.3 is 0 Å². The molecule has 0 N–H and O–H groups in total. The molecule has 0 spiro atoms. The SMILES string of the molecule is Cc1ccc(N(c2ccccc2)c2ccc(Cl)cc2)cc1. The number of hydrogen-bond acceptors (Lipinski definition) is 1. The zero-order valence-electron chi connectivity index (χ0n) is 11.8. The summed E-state index contributed by atoms with van der Waals surface area (Å²) in [5.74, 6) is 0. The van der Waals surface area contributed by atoms with Gasteiger partial charge in [0.05, 0.1) is 0 Å². The molecule has 3 aromatic carbocycles. The number of benzene rings is 3. The molecule has 0 saturated carbocycles. The predicted octanol–water partition coefficient (Wildman–Crippen LogP) is 6.12. The first-order valence-electron chi connectivity index (χ1n) is 6.91. The lowest BCUT2D eigenvalue weighted by Gasteiger charge is -2.25. The van der Waals surface area contributed by atoms with Crippen LogP contribution in [0, 0.1) is 6.92 Å². The summed E-state index contributed by atoms with van der Waals surface area (Å²) in [5.41, 5.74) is 4.61. The normalized spacial score (nSPS) is 10.4. The first-order valence-corrected chi connectivity index (χ1v) is 7.29. The van der Waals surface area contributed by atoms with Crippen LogP contribution in [0.2, 0.25) is 5.02 Å². The molecule has 0 radical (unpaired) electrons. The molecule has 3 rings (SSSR count). The van der Waals surface area contributed by atoms with Gasteiger partial charge in [-0.15, -0.1) is 0 Å². The van der Waals surface area contributed by atoms with Crippen LogP contribution in [-0.4, -0.2) is 0 Å². The van der Waals surface area contributed by atoms with Crippen LogP contribution in [0.15, 0.2) is 78.9 Å². The molecule has 1 nitrogen and oxygen atoms in total. The third kappa shape index (κ3) is 3.09. The maximum absolute atomic E-state index is 6.01. The molecule has 0 fully saturated rings. The van der Waals surface area contributed by atoms with E-state index >= 15 is 0 Å². The maximum atomic E-state index is 6.01. The average Bonchev–Trinajstić information content (AvgIpc) is 2.52. The third-order valence-electron chi connectivity index (χ3n) is 3.39. The molecule has 0 aliphatic carbocycles. The van der Waals surface area contributed by atoms with Crippen molar-refractivity contribution in [3.05, 3.63) is 89.4 Å². The average molecular weight is 294 g/mol. The van der Waals surface area contributed by atoms with E-state index in [0.29, 0.717) is 0 Å². The van der Waals surface area contributed by atoms with E-state index in [2.05, 4.69) is 48.2 Å². The molecule has 0 bridgehead atoms. The van der Waals surface area contributed by atoms with Crippen molar-refractivity contribution in [1.82, 2.24) is 0 Å². The van der Waals surface area contributed by atoms with Crippen LogP contribution in [-0.2, 0) is 0 Å². The van der Waals surface area contributed by atoms with E-state index < -0.39 is 0 Å². The van der Waals surface area contributed by atoms with Gasteiger partial charge in [-0.25, -0.2) is 0 Å². The second-order valence-electron chi connectivity index (χ2n) is 4.98. The Labute approximate surface area is 130 Å². The van der Waals surface area contributed by atoms with Crippen molar-refractivity contribution >= 4 is 28.7 Å². The molecular formula is C19H16ClN. The number of anilines is 3. The topological polar surface area (TPSA) is 3.24 Å². The van der Waals surface area contributed by atoms with Gasteiger partial charge < -0.3 is 4.90 Å². The summed E-state index contributed by atoms with van der Waals surface area (Å²) >= 11 is 6.01. The summed E-state index contributed by atoms with van der Waals surface area (Å²) in [6.45, 7) is 2.10. The van der Waals surface area contributed by atoms with Gasteiger partial charge in [-0.05, 0) is 55.5 Å². The minimum atomic E-state index is 0.746. The Hall–Kier alpha value is -2.25. The number of para-hydroxylation sites is 1. The van der Waals surface area contributed by atoms with E-state index in [-0.39, 0.29) is 0 Å². The van der Waals surface area contributed by atoms with Gasteiger partial charge in [-0.3, -0.25) is 0 Å². The highest BCUT2D eigenvalue weighted by Gasteiger charge is 2.11. The van der Waals surface area contributed by atoms with Gasteiger partial charge in [-0.2, -0.15) is 0 Å². The molecule has 0 aromatic heterocycles. The van der Waals surface area contributed by atoms with E-state index in [1.54, 1.807) is 0 Å². The van der Waals surface area contributed by atoms with Gasteiger partial charge in [-0.1, -0.05) is 47.5 Å². The predicted molar refractivity (Wildman–Crippen MR) is 90.9 cm³/mol. The fraction of sp³-hybridized carbons (Fsp3) is 0.0526. The van der Waals surface area contributed by atoms with Gasteiger partial charge in [0.2, 0.25) is 0 Å². The highest BCUT2D eigenvalue weighted by Crippen LogP contribution is 2.34. The molecule has 0 heterocycles. The Kier molecular flexibility index (Phi) is 3.94. The molecular weight excluding hydrogens is 278 g/mol. The van der Waals surface area contributed by atoms with Crippen molar-refractivity contribution in [2.45, 2.75) is 6.92 Å². The highest BCUT2D eigenvalue weighted by molar-refractivity contribution is 6.30. The molecule has 0 aliphatic rings. The van der Waals surface area contributed by atoms with Crippen molar-refractivity contribution in [3.63, 3.8) is 0 Å². The summed E-state index contributed by atoms with van der Waals surface area (Å²) in [6, 6.07) is 26.8. The van der Waals surface area contributed by atoms with Crippen LogP contribution in [0.3, 0.4) is 0 Å². The molecule has 0 atom stereocenters. The Morgan fingerprint density at radius 3 is 1.67 bits per heavy atom. The molecule has 104 valence electrons. The zero-order chi connectivity index (χ0) is 14.7. The zero-order valence-corrected chi connectivity index (χ0v) is 12.6. The summed E-state index contributed by atoms with van der Waals surface area (Å²) < 4.78 is 0. The first kappa shape index (κ1) is 13.7. The molecule has 3 aromatic rings. The summed E-state index contributed by atoms with van der Waals surface area (Å²) in [4.78, 5) is 2.22. The van der Waals surface area contributed by atoms with Crippen LogP contribution >= 0.6 is 11.6 Å².